The van der Waals surface area contributed by atoms with Gasteiger partial charge in [0.25, 0.3) is 5.91 Å². The van der Waals surface area contributed by atoms with E-state index in [9.17, 15) is 22.4 Å². The highest BCUT2D eigenvalue weighted by Crippen LogP contribution is 2.32. The van der Waals surface area contributed by atoms with E-state index in [4.69, 9.17) is 0 Å². The van der Waals surface area contributed by atoms with E-state index in [1.54, 1.807) is 10.9 Å². The second-order valence-corrected chi connectivity index (χ2v) is 8.23. The topological polar surface area (TPSA) is 68.8 Å². The van der Waals surface area contributed by atoms with Crippen LogP contribution >= 0.6 is 0 Å². The van der Waals surface area contributed by atoms with Crippen molar-refractivity contribution in [2.45, 2.75) is 31.6 Å². The summed E-state index contributed by atoms with van der Waals surface area (Å²) in [5.41, 5.74) is 0.0751. The van der Waals surface area contributed by atoms with Crippen LogP contribution in [0.4, 0.5) is 17.6 Å². The lowest BCUT2D eigenvalue weighted by Crippen LogP contribution is -2.39. The maximum Gasteiger partial charge on any atom is 0.416 e. The molecule has 0 unspecified atom stereocenters. The summed E-state index contributed by atoms with van der Waals surface area (Å²) >= 11 is 0. The van der Waals surface area contributed by atoms with E-state index in [1.807, 2.05) is 35.0 Å². The van der Waals surface area contributed by atoms with Crippen LogP contribution < -0.4 is 0 Å². The fraction of sp³-hybridized carbons (Fsp3) is 0.304. The summed E-state index contributed by atoms with van der Waals surface area (Å²) < 4.78 is 56.9. The van der Waals surface area contributed by atoms with Gasteiger partial charge in [-0.05, 0) is 43.2 Å². The Hall–Kier alpha value is -3.76. The third-order valence-corrected chi connectivity index (χ3v) is 6.13. The fourth-order valence-corrected chi connectivity index (χ4v) is 4.34. The normalized spacial score (nSPS) is 15.2. The summed E-state index contributed by atoms with van der Waals surface area (Å²) in [6.45, 7) is 1.00. The van der Waals surface area contributed by atoms with E-state index in [0.29, 0.717) is 37.7 Å². The zero-order valence-corrected chi connectivity index (χ0v) is 17.9. The summed E-state index contributed by atoms with van der Waals surface area (Å²) in [7, 11) is 0. The maximum atomic E-state index is 14.2. The van der Waals surface area contributed by atoms with Crippen molar-refractivity contribution >= 4 is 16.9 Å². The Morgan fingerprint density at radius 2 is 1.85 bits per heavy atom. The first-order valence-electron chi connectivity index (χ1n) is 10.8. The van der Waals surface area contributed by atoms with Crippen LogP contribution in [0.25, 0.3) is 11.0 Å². The smallest absolute Gasteiger partial charge is 0.339 e. The molecule has 1 amide bonds. The van der Waals surface area contributed by atoms with E-state index in [-0.39, 0.29) is 19.0 Å². The number of hydrogen-bond donors (Lipinski definition) is 0. The van der Waals surface area contributed by atoms with Crippen molar-refractivity contribution in [3.05, 3.63) is 77.6 Å². The number of rotatable bonds is 4. The van der Waals surface area contributed by atoms with Gasteiger partial charge in [-0.25, -0.2) is 14.1 Å². The summed E-state index contributed by atoms with van der Waals surface area (Å²) in [5.74, 6) is -0.827. The Morgan fingerprint density at radius 1 is 1.09 bits per heavy atom. The molecule has 7 nitrogen and oxygen atoms in total. The molecule has 2 aromatic carbocycles. The van der Waals surface area contributed by atoms with Crippen molar-refractivity contribution in [3.63, 3.8) is 0 Å². The minimum absolute atomic E-state index is 0.0418. The van der Waals surface area contributed by atoms with Crippen molar-refractivity contribution < 1.29 is 22.4 Å². The molecule has 0 atom stereocenters. The predicted molar refractivity (Wildman–Crippen MR) is 114 cm³/mol. The van der Waals surface area contributed by atoms with Crippen molar-refractivity contribution in [2.75, 3.05) is 13.1 Å². The van der Waals surface area contributed by atoms with Gasteiger partial charge in [0.2, 0.25) is 0 Å². The number of halogens is 4. The molecule has 0 radical (unpaired) electrons. The first-order valence-corrected chi connectivity index (χ1v) is 10.8. The molecule has 5 rings (SSSR count). The minimum Gasteiger partial charge on any atom is -0.339 e. The molecule has 176 valence electrons. The second kappa shape index (κ2) is 8.54. The number of carbonyl (C=O) groups excluding carboxylic acids is 1. The second-order valence-electron chi connectivity index (χ2n) is 8.23. The molecule has 2 aromatic heterocycles. The Kier molecular flexibility index (Phi) is 5.54. The van der Waals surface area contributed by atoms with E-state index in [0.717, 1.165) is 16.9 Å². The van der Waals surface area contributed by atoms with Crippen LogP contribution in [0.3, 0.4) is 0 Å². The van der Waals surface area contributed by atoms with Gasteiger partial charge in [0.05, 0.1) is 16.6 Å². The lowest BCUT2D eigenvalue weighted by Gasteiger charge is -2.32. The SMILES string of the molecule is O=C(c1cc(C(F)(F)F)ccc1F)N1CCC(c2nccn2Cn2nnc3ccccc32)CC1. The van der Waals surface area contributed by atoms with Crippen molar-refractivity contribution in [1.82, 2.24) is 29.4 Å². The number of nitrogens with zero attached hydrogens (tertiary/aromatic N) is 6. The molecule has 3 heterocycles. The molecule has 0 N–H and O–H groups in total. The Labute approximate surface area is 191 Å². The summed E-state index contributed by atoms with van der Waals surface area (Å²) in [6.07, 6.45) is 0.0103. The monoisotopic (exact) mass is 472 g/mol. The van der Waals surface area contributed by atoms with Crippen LogP contribution in [0.1, 0.15) is 40.5 Å². The van der Waals surface area contributed by atoms with Gasteiger partial charge < -0.3 is 9.47 Å². The predicted octanol–water partition coefficient (Wildman–Crippen LogP) is 4.31. The number of fused-ring (bicyclic) bond motifs is 1. The van der Waals surface area contributed by atoms with Crippen molar-refractivity contribution in [2.24, 2.45) is 0 Å². The molecular formula is C23H20F4N6O. The summed E-state index contributed by atoms with van der Waals surface area (Å²) in [6, 6.07) is 9.53. The minimum atomic E-state index is -4.65. The molecule has 0 spiro atoms. The van der Waals surface area contributed by atoms with Crippen molar-refractivity contribution in [3.8, 4) is 0 Å². The van der Waals surface area contributed by atoms with Crippen LogP contribution in [0, 0.1) is 5.82 Å². The first kappa shape index (κ1) is 22.1. The van der Waals surface area contributed by atoms with Gasteiger partial charge in [-0.3, -0.25) is 4.79 Å². The molecule has 1 aliphatic heterocycles. The van der Waals surface area contributed by atoms with Crippen molar-refractivity contribution in [1.29, 1.82) is 0 Å². The number of likely N-dealkylation sites (tertiary alicyclic amines) is 1. The Bertz CT molecular complexity index is 1340. The number of benzene rings is 2. The lowest BCUT2D eigenvalue weighted by atomic mass is 9.95. The largest absolute Gasteiger partial charge is 0.416 e. The third-order valence-electron chi connectivity index (χ3n) is 6.13. The van der Waals surface area contributed by atoms with Gasteiger partial charge >= 0.3 is 6.18 Å². The molecule has 0 bridgehead atoms. The number of piperidine rings is 1. The van der Waals surface area contributed by atoms with Crippen LogP contribution in [-0.2, 0) is 12.8 Å². The number of alkyl halides is 3. The summed E-state index contributed by atoms with van der Waals surface area (Å²) in [5, 5.41) is 8.37. The van der Waals surface area contributed by atoms with E-state index >= 15 is 0 Å². The molecule has 34 heavy (non-hydrogen) atoms. The standard InChI is InChI=1S/C23H20F4N6O/c24-18-6-5-16(23(25,26)27)13-17(18)22(34)31-10-7-15(8-11-31)21-28-9-12-32(21)14-33-20-4-2-1-3-19(20)29-30-33/h1-6,9,12-13,15H,7-8,10-11,14H2. The van der Waals surface area contributed by atoms with Gasteiger partial charge in [-0.1, -0.05) is 17.3 Å². The molecule has 1 saturated heterocycles. The van der Waals surface area contributed by atoms with Crippen LogP contribution in [0.5, 0.6) is 0 Å². The molecule has 4 aromatic rings. The highest BCUT2D eigenvalue weighted by molar-refractivity contribution is 5.94. The number of carbonyl (C=O) groups is 1. The average Bonchev–Trinajstić information content (AvgIpc) is 3.46. The van der Waals surface area contributed by atoms with E-state index in [2.05, 4.69) is 15.3 Å². The quantitative estimate of drug-likeness (QED) is 0.415. The molecule has 1 aliphatic rings. The van der Waals surface area contributed by atoms with Gasteiger partial charge in [-0.2, -0.15) is 13.2 Å². The highest BCUT2D eigenvalue weighted by Gasteiger charge is 2.33. The highest BCUT2D eigenvalue weighted by atomic mass is 19.4. The third kappa shape index (κ3) is 4.13. The van der Waals surface area contributed by atoms with Gasteiger partial charge in [-0.15, -0.1) is 5.10 Å². The number of para-hydroxylation sites is 1. The number of amides is 1. The summed E-state index contributed by atoms with van der Waals surface area (Å²) in [4.78, 5) is 18.7. The lowest BCUT2D eigenvalue weighted by molar-refractivity contribution is -0.137. The number of hydrogen-bond acceptors (Lipinski definition) is 4. The Morgan fingerprint density at radius 3 is 2.62 bits per heavy atom. The van der Waals surface area contributed by atoms with E-state index in [1.165, 1.54) is 4.90 Å². The Balaban J connectivity index is 1.29. The van der Waals surface area contributed by atoms with Crippen LogP contribution in [0.15, 0.2) is 54.9 Å². The molecule has 0 aliphatic carbocycles. The fourth-order valence-electron chi connectivity index (χ4n) is 4.34. The van der Waals surface area contributed by atoms with Gasteiger partial charge in [0, 0.05) is 31.4 Å². The molecular weight excluding hydrogens is 452 g/mol. The van der Waals surface area contributed by atoms with E-state index < -0.39 is 29.0 Å². The van der Waals surface area contributed by atoms with Crippen LogP contribution in [0.2, 0.25) is 0 Å². The zero-order chi connectivity index (χ0) is 23.9. The molecule has 1 fully saturated rings. The number of imidazole rings is 1. The average molecular weight is 472 g/mol. The van der Waals surface area contributed by atoms with Gasteiger partial charge in [0.1, 0.15) is 23.8 Å². The first-order chi connectivity index (χ1) is 16.3. The molecule has 0 saturated carbocycles. The van der Waals surface area contributed by atoms with Crippen LogP contribution in [-0.4, -0.2) is 48.4 Å². The molecule has 11 heteroatoms. The number of aromatic nitrogens is 5. The zero-order valence-electron chi connectivity index (χ0n) is 17.9. The maximum absolute atomic E-state index is 14.2. The van der Waals surface area contributed by atoms with Gasteiger partial charge in [0.15, 0.2) is 0 Å².